The minimum Gasteiger partial charge on any atom is -0.348 e. The lowest BCUT2D eigenvalue weighted by atomic mass is 9.99. The van der Waals surface area contributed by atoms with Gasteiger partial charge < -0.3 is 10.6 Å². The van der Waals surface area contributed by atoms with Crippen LogP contribution in [-0.2, 0) is 10.0 Å². The number of carbonyl (C=O) groups excluding carboxylic acids is 2. The molecule has 1 aromatic carbocycles. The summed E-state index contributed by atoms with van der Waals surface area (Å²) in [6.45, 7) is 6.23. The van der Waals surface area contributed by atoms with E-state index in [0.717, 1.165) is 23.7 Å². The second-order valence-electron chi connectivity index (χ2n) is 6.88. The average Bonchev–Trinajstić information content (AvgIpc) is 2.75. The lowest BCUT2D eigenvalue weighted by Gasteiger charge is -2.30. The summed E-state index contributed by atoms with van der Waals surface area (Å²) in [6, 6.07) is 3.92. The quantitative estimate of drug-likeness (QED) is 0.800. The zero-order chi connectivity index (χ0) is 18.4. The van der Waals surface area contributed by atoms with Gasteiger partial charge in [-0.25, -0.2) is 12.7 Å². The van der Waals surface area contributed by atoms with Crippen molar-refractivity contribution in [2.24, 2.45) is 0 Å². The molecule has 7 nitrogen and oxygen atoms in total. The van der Waals surface area contributed by atoms with Crippen LogP contribution in [0.15, 0.2) is 23.1 Å². The number of rotatable bonds is 3. The van der Waals surface area contributed by atoms with Crippen LogP contribution in [0.25, 0.3) is 0 Å². The summed E-state index contributed by atoms with van der Waals surface area (Å²) in [5.41, 5.74) is 0.372. The third kappa shape index (κ3) is 3.45. The van der Waals surface area contributed by atoms with Crippen molar-refractivity contribution in [2.75, 3.05) is 6.54 Å². The fourth-order valence-electron chi connectivity index (χ4n) is 3.39. The summed E-state index contributed by atoms with van der Waals surface area (Å²) < 4.78 is 26.1. The number of carbonyl (C=O) groups is 2. The molecule has 2 aliphatic heterocycles. The van der Waals surface area contributed by atoms with Crippen molar-refractivity contribution in [3.63, 3.8) is 0 Å². The number of benzene rings is 1. The topological polar surface area (TPSA) is 95.6 Å². The number of nitrogens with zero attached hydrogens (tertiary/aromatic N) is 1. The summed E-state index contributed by atoms with van der Waals surface area (Å²) in [7, 11) is -3.90. The number of nitrogens with one attached hydrogen (secondary N) is 2. The van der Waals surface area contributed by atoms with Gasteiger partial charge in [0.25, 0.3) is 21.8 Å². The molecule has 2 aliphatic rings. The fraction of sp³-hybridized carbons (Fsp3) is 0.529. The Morgan fingerprint density at radius 1 is 1.35 bits per heavy atom. The van der Waals surface area contributed by atoms with Crippen LogP contribution < -0.4 is 10.6 Å². The molecule has 0 aliphatic carbocycles. The van der Waals surface area contributed by atoms with Gasteiger partial charge in [0.05, 0.1) is 5.56 Å². The van der Waals surface area contributed by atoms with Crippen LogP contribution in [-0.4, -0.2) is 49.2 Å². The lowest BCUT2D eigenvalue weighted by molar-refractivity contribution is 0.0844. The van der Waals surface area contributed by atoms with Crippen molar-refractivity contribution in [2.45, 2.75) is 56.6 Å². The van der Waals surface area contributed by atoms with E-state index in [4.69, 9.17) is 0 Å². The molecule has 0 radical (unpaired) electrons. The summed E-state index contributed by atoms with van der Waals surface area (Å²) in [4.78, 5) is 24.8. The predicted octanol–water partition coefficient (Wildman–Crippen LogP) is 1.53. The highest BCUT2D eigenvalue weighted by molar-refractivity contribution is 7.90. The zero-order valence-electron chi connectivity index (χ0n) is 15.0. The highest BCUT2D eigenvalue weighted by atomic mass is 35.5. The largest absolute Gasteiger partial charge is 0.348 e. The van der Waals surface area contributed by atoms with Gasteiger partial charge in [0.1, 0.15) is 4.90 Å². The van der Waals surface area contributed by atoms with Crippen LogP contribution in [0.1, 0.15) is 54.3 Å². The highest BCUT2D eigenvalue weighted by Crippen LogP contribution is 2.32. The Morgan fingerprint density at radius 3 is 2.65 bits per heavy atom. The number of halogens is 1. The maximum absolute atomic E-state index is 12.6. The Morgan fingerprint density at radius 2 is 2.04 bits per heavy atom. The van der Waals surface area contributed by atoms with E-state index in [0.29, 0.717) is 0 Å². The normalized spacial score (nSPS) is 24.2. The molecule has 9 heteroatoms. The van der Waals surface area contributed by atoms with Gasteiger partial charge in [0.15, 0.2) is 0 Å². The van der Waals surface area contributed by atoms with Crippen molar-refractivity contribution < 1.29 is 18.0 Å². The Kier molecular flexibility index (Phi) is 5.99. The van der Waals surface area contributed by atoms with Crippen LogP contribution in [0.2, 0.25) is 0 Å². The molecular formula is C17H24ClN3O4S. The Labute approximate surface area is 160 Å². The van der Waals surface area contributed by atoms with E-state index in [1.54, 1.807) is 13.8 Å². The Bertz CT molecular complexity index is 825. The molecule has 1 fully saturated rings. The standard InChI is InChI=1S/C17H23N3O4S.ClH/c1-10(2)20-17(22)13-7-6-12(9-15(13)25(20,23)24)16(21)19-14-5-4-8-18-11(14)3;/h6-7,9-11,14,18H,4-5,8H2,1-3H3,(H,19,21);1H. The molecular weight excluding hydrogens is 378 g/mol. The summed E-state index contributed by atoms with van der Waals surface area (Å²) in [5, 5.41) is 6.26. The van der Waals surface area contributed by atoms with E-state index in [1.807, 2.05) is 6.92 Å². The van der Waals surface area contributed by atoms with E-state index in [-0.39, 0.29) is 46.4 Å². The van der Waals surface area contributed by atoms with Gasteiger partial charge >= 0.3 is 0 Å². The maximum atomic E-state index is 12.6. The van der Waals surface area contributed by atoms with Crippen LogP contribution in [0.3, 0.4) is 0 Å². The first kappa shape index (κ1) is 20.7. The van der Waals surface area contributed by atoms with Crippen molar-refractivity contribution in [3.8, 4) is 0 Å². The average molecular weight is 402 g/mol. The molecule has 3 rings (SSSR count). The van der Waals surface area contributed by atoms with Crippen LogP contribution in [0.5, 0.6) is 0 Å². The number of sulfonamides is 1. The smallest absolute Gasteiger partial charge is 0.269 e. The fourth-order valence-corrected chi connectivity index (χ4v) is 5.19. The molecule has 2 N–H and O–H groups in total. The number of piperidine rings is 1. The molecule has 2 atom stereocenters. The van der Waals surface area contributed by atoms with E-state index in [9.17, 15) is 18.0 Å². The van der Waals surface area contributed by atoms with E-state index in [2.05, 4.69) is 10.6 Å². The third-order valence-electron chi connectivity index (χ3n) is 4.76. The maximum Gasteiger partial charge on any atom is 0.269 e. The first-order valence-corrected chi connectivity index (χ1v) is 9.94. The molecule has 2 heterocycles. The monoisotopic (exact) mass is 401 g/mol. The lowest BCUT2D eigenvalue weighted by Crippen LogP contribution is -2.51. The Hall–Kier alpha value is -1.64. The van der Waals surface area contributed by atoms with Crippen LogP contribution in [0.4, 0.5) is 0 Å². The van der Waals surface area contributed by atoms with Gasteiger partial charge in [-0.2, -0.15) is 0 Å². The van der Waals surface area contributed by atoms with E-state index >= 15 is 0 Å². The molecule has 0 spiro atoms. The molecule has 0 aromatic heterocycles. The van der Waals surface area contributed by atoms with Crippen LogP contribution in [0, 0.1) is 0 Å². The number of hydrogen-bond acceptors (Lipinski definition) is 5. The van der Waals surface area contributed by atoms with Crippen molar-refractivity contribution in [1.29, 1.82) is 0 Å². The van der Waals surface area contributed by atoms with Gasteiger partial charge in [-0.1, -0.05) is 0 Å². The first-order chi connectivity index (χ1) is 11.7. The zero-order valence-corrected chi connectivity index (χ0v) is 16.6. The predicted molar refractivity (Wildman–Crippen MR) is 100 cm³/mol. The summed E-state index contributed by atoms with van der Waals surface area (Å²) in [6.07, 6.45) is 1.86. The second kappa shape index (κ2) is 7.54. The van der Waals surface area contributed by atoms with Gasteiger partial charge in [-0.15, -0.1) is 12.4 Å². The minimum atomic E-state index is -3.90. The van der Waals surface area contributed by atoms with Gasteiger partial charge in [0, 0.05) is 23.7 Å². The molecule has 1 aromatic rings. The summed E-state index contributed by atoms with van der Waals surface area (Å²) >= 11 is 0. The summed E-state index contributed by atoms with van der Waals surface area (Å²) in [5.74, 6) is -0.865. The molecule has 1 saturated heterocycles. The SMILES string of the molecule is CC1NCCCC1NC(=O)c1ccc2c(c1)S(=O)(=O)N(C(C)C)C2=O.Cl. The van der Waals surface area contributed by atoms with Crippen molar-refractivity contribution in [3.05, 3.63) is 29.3 Å². The van der Waals surface area contributed by atoms with E-state index < -0.39 is 22.0 Å². The van der Waals surface area contributed by atoms with Crippen molar-refractivity contribution in [1.82, 2.24) is 14.9 Å². The second-order valence-corrected chi connectivity index (χ2v) is 8.66. The number of fused-ring (bicyclic) bond motifs is 1. The number of amides is 2. The van der Waals surface area contributed by atoms with E-state index in [1.165, 1.54) is 18.2 Å². The van der Waals surface area contributed by atoms with Crippen LogP contribution >= 0.6 is 12.4 Å². The molecule has 0 saturated carbocycles. The first-order valence-electron chi connectivity index (χ1n) is 8.50. The van der Waals surface area contributed by atoms with Crippen molar-refractivity contribution >= 4 is 34.2 Å². The third-order valence-corrected chi connectivity index (χ3v) is 6.76. The highest BCUT2D eigenvalue weighted by Gasteiger charge is 2.43. The van der Waals surface area contributed by atoms with Gasteiger partial charge in [-0.05, 0) is 58.4 Å². The van der Waals surface area contributed by atoms with Gasteiger partial charge in [0.2, 0.25) is 0 Å². The molecule has 0 bridgehead atoms. The molecule has 144 valence electrons. The molecule has 2 amide bonds. The number of hydrogen-bond donors (Lipinski definition) is 2. The molecule has 2 unspecified atom stereocenters. The minimum absolute atomic E-state index is 0. The Balaban J connectivity index is 0.00000243. The van der Waals surface area contributed by atoms with Gasteiger partial charge in [-0.3, -0.25) is 9.59 Å². The molecule has 26 heavy (non-hydrogen) atoms.